The molecule has 3 amide bonds. The molecule has 3 N–H and O–H groups in total. The summed E-state index contributed by atoms with van der Waals surface area (Å²) in [6.45, 7) is 0.545. The van der Waals surface area contributed by atoms with E-state index >= 15 is 0 Å². The van der Waals surface area contributed by atoms with Crippen LogP contribution in [0, 0.1) is 11.7 Å². The fourth-order valence-electron chi connectivity index (χ4n) is 2.67. The van der Waals surface area contributed by atoms with E-state index in [2.05, 4.69) is 16.0 Å². The minimum absolute atomic E-state index is 0.0196. The fraction of sp³-hybridized carbons (Fsp3) is 0.286. The maximum absolute atomic E-state index is 13.1. The van der Waals surface area contributed by atoms with Gasteiger partial charge in [-0.3, -0.25) is 14.4 Å². The molecule has 1 aliphatic rings. The molecule has 0 bridgehead atoms. The highest BCUT2D eigenvalue weighted by Gasteiger charge is 2.29. The van der Waals surface area contributed by atoms with Crippen molar-refractivity contribution in [2.75, 3.05) is 18.4 Å². The van der Waals surface area contributed by atoms with Crippen molar-refractivity contribution in [3.8, 4) is 0 Å². The lowest BCUT2D eigenvalue weighted by Crippen LogP contribution is -2.35. The van der Waals surface area contributed by atoms with Gasteiger partial charge in [0.25, 0.3) is 5.91 Å². The average Bonchev–Trinajstić information content (AvgIpc) is 3.51. The van der Waals surface area contributed by atoms with Gasteiger partial charge in [-0.2, -0.15) is 0 Å². The van der Waals surface area contributed by atoms with Gasteiger partial charge in [-0.1, -0.05) is 12.1 Å². The van der Waals surface area contributed by atoms with Gasteiger partial charge in [0.1, 0.15) is 5.82 Å². The Bertz CT molecular complexity index is 863. The second kappa shape index (κ2) is 9.12. The van der Waals surface area contributed by atoms with Crippen LogP contribution in [-0.2, 0) is 16.0 Å². The van der Waals surface area contributed by atoms with Crippen LogP contribution in [0.1, 0.15) is 28.8 Å². The monoisotopic (exact) mass is 383 g/mol. The van der Waals surface area contributed by atoms with Gasteiger partial charge in [0.05, 0.1) is 6.42 Å². The predicted molar refractivity (Wildman–Crippen MR) is 103 cm³/mol. The number of amides is 3. The third-order valence-corrected chi connectivity index (χ3v) is 4.35. The molecule has 146 valence electrons. The molecule has 0 atom stereocenters. The topological polar surface area (TPSA) is 87.3 Å². The average molecular weight is 383 g/mol. The number of carbonyl (C=O) groups excluding carboxylic acids is 3. The molecule has 0 heterocycles. The Morgan fingerprint density at radius 2 is 1.68 bits per heavy atom. The molecule has 0 saturated heterocycles. The van der Waals surface area contributed by atoms with Crippen LogP contribution in [-0.4, -0.2) is 30.8 Å². The molecule has 0 aromatic heterocycles. The van der Waals surface area contributed by atoms with Gasteiger partial charge in [-0.15, -0.1) is 0 Å². The van der Waals surface area contributed by atoms with Gasteiger partial charge in [0.15, 0.2) is 0 Å². The lowest BCUT2D eigenvalue weighted by atomic mass is 10.1. The summed E-state index contributed by atoms with van der Waals surface area (Å²) >= 11 is 0. The lowest BCUT2D eigenvalue weighted by molar-refractivity contribution is -0.120. The first-order valence-corrected chi connectivity index (χ1v) is 9.21. The second-order valence-electron chi connectivity index (χ2n) is 6.75. The quantitative estimate of drug-likeness (QED) is 0.611. The molecule has 28 heavy (non-hydrogen) atoms. The van der Waals surface area contributed by atoms with Crippen LogP contribution in [0.4, 0.5) is 10.1 Å². The number of hydrogen-bond donors (Lipinski definition) is 3. The third-order valence-electron chi connectivity index (χ3n) is 4.35. The van der Waals surface area contributed by atoms with Crippen LogP contribution in [0.2, 0.25) is 0 Å². The Morgan fingerprint density at radius 1 is 0.964 bits per heavy atom. The summed E-state index contributed by atoms with van der Waals surface area (Å²) in [5, 5.41) is 8.21. The van der Waals surface area contributed by atoms with Gasteiger partial charge in [0.2, 0.25) is 11.8 Å². The van der Waals surface area contributed by atoms with Crippen molar-refractivity contribution in [2.24, 2.45) is 5.92 Å². The molecule has 0 unspecified atom stereocenters. The summed E-state index contributed by atoms with van der Waals surface area (Å²) in [6.07, 6.45) is 1.95. The highest BCUT2D eigenvalue weighted by atomic mass is 19.1. The molecule has 7 heteroatoms. The van der Waals surface area contributed by atoms with Gasteiger partial charge in [-0.25, -0.2) is 4.39 Å². The summed E-state index contributed by atoms with van der Waals surface area (Å²) in [6, 6.07) is 12.5. The van der Waals surface area contributed by atoms with Crippen molar-refractivity contribution >= 4 is 23.4 Å². The number of hydrogen-bond acceptors (Lipinski definition) is 3. The SMILES string of the molecule is O=C(Cc1cccc(F)c1)NCCNC(=O)c1ccc(NC(=O)C2CC2)cc1. The minimum Gasteiger partial charge on any atom is -0.354 e. The summed E-state index contributed by atoms with van der Waals surface area (Å²) in [7, 11) is 0. The minimum atomic E-state index is -0.379. The van der Waals surface area contributed by atoms with Crippen molar-refractivity contribution in [3.05, 3.63) is 65.5 Å². The Hall–Kier alpha value is -3.22. The number of nitrogens with one attached hydrogen (secondary N) is 3. The van der Waals surface area contributed by atoms with E-state index in [1.807, 2.05) is 0 Å². The van der Waals surface area contributed by atoms with Gasteiger partial charge < -0.3 is 16.0 Å². The van der Waals surface area contributed by atoms with Crippen LogP contribution >= 0.6 is 0 Å². The lowest BCUT2D eigenvalue weighted by Gasteiger charge is -2.08. The maximum atomic E-state index is 13.1. The van der Waals surface area contributed by atoms with E-state index in [9.17, 15) is 18.8 Å². The van der Waals surface area contributed by atoms with Gasteiger partial charge in [0, 0.05) is 30.3 Å². The maximum Gasteiger partial charge on any atom is 0.251 e. The standard InChI is InChI=1S/C21H22FN3O3/c22-17-3-1-2-14(12-17)13-19(26)23-10-11-24-20(27)15-6-8-18(9-7-15)25-21(28)16-4-5-16/h1-3,6-9,12,16H,4-5,10-11,13H2,(H,23,26)(H,24,27)(H,25,28). The normalized spacial score (nSPS) is 12.9. The largest absolute Gasteiger partial charge is 0.354 e. The van der Waals surface area contributed by atoms with Crippen molar-refractivity contribution < 1.29 is 18.8 Å². The van der Waals surface area contributed by atoms with E-state index in [4.69, 9.17) is 0 Å². The number of benzene rings is 2. The molecule has 1 saturated carbocycles. The molecule has 0 radical (unpaired) electrons. The molecule has 3 rings (SSSR count). The molecule has 2 aromatic carbocycles. The Labute approximate surface area is 162 Å². The molecular formula is C21H22FN3O3. The molecular weight excluding hydrogens is 361 g/mol. The Morgan fingerprint density at radius 3 is 2.36 bits per heavy atom. The summed E-state index contributed by atoms with van der Waals surface area (Å²) < 4.78 is 13.1. The summed E-state index contributed by atoms with van der Waals surface area (Å²) in [5.74, 6) is -0.740. The van der Waals surface area contributed by atoms with Crippen LogP contribution in [0.15, 0.2) is 48.5 Å². The molecule has 6 nitrogen and oxygen atoms in total. The van der Waals surface area contributed by atoms with E-state index in [0.717, 1.165) is 12.8 Å². The zero-order valence-corrected chi connectivity index (χ0v) is 15.3. The number of rotatable bonds is 8. The van der Waals surface area contributed by atoms with E-state index in [-0.39, 0.29) is 49.0 Å². The van der Waals surface area contributed by atoms with Crippen LogP contribution in [0.3, 0.4) is 0 Å². The number of halogens is 1. The summed E-state index contributed by atoms with van der Waals surface area (Å²) in [4.78, 5) is 35.7. The number of anilines is 1. The molecule has 0 aliphatic heterocycles. The van der Waals surface area contributed by atoms with Crippen molar-refractivity contribution in [1.82, 2.24) is 10.6 Å². The van der Waals surface area contributed by atoms with Crippen LogP contribution in [0.25, 0.3) is 0 Å². The fourth-order valence-corrected chi connectivity index (χ4v) is 2.67. The number of carbonyl (C=O) groups is 3. The highest BCUT2D eigenvalue weighted by Crippen LogP contribution is 2.30. The molecule has 1 aliphatic carbocycles. The van der Waals surface area contributed by atoms with Crippen molar-refractivity contribution in [2.45, 2.75) is 19.3 Å². The first-order chi connectivity index (χ1) is 13.5. The van der Waals surface area contributed by atoms with Gasteiger partial charge in [-0.05, 0) is 54.8 Å². The molecule has 0 spiro atoms. The van der Waals surface area contributed by atoms with Crippen LogP contribution < -0.4 is 16.0 Å². The second-order valence-corrected chi connectivity index (χ2v) is 6.75. The van der Waals surface area contributed by atoms with E-state index in [0.29, 0.717) is 16.8 Å². The van der Waals surface area contributed by atoms with Crippen LogP contribution in [0.5, 0.6) is 0 Å². The van der Waals surface area contributed by atoms with E-state index < -0.39 is 0 Å². The Kier molecular flexibility index (Phi) is 6.37. The summed E-state index contributed by atoms with van der Waals surface area (Å²) in [5.41, 5.74) is 1.73. The molecule has 1 fully saturated rings. The Balaban J connectivity index is 1.36. The first-order valence-electron chi connectivity index (χ1n) is 9.21. The predicted octanol–water partition coefficient (Wildman–Crippen LogP) is 2.26. The highest BCUT2D eigenvalue weighted by molar-refractivity contribution is 5.96. The zero-order chi connectivity index (χ0) is 19.9. The molecule has 2 aromatic rings. The van der Waals surface area contributed by atoms with E-state index in [1.165, 1.54) is 12.1 Å². The van der Waals surface area contributed by atoms with Gasteiger partial charge >= 0.3 is 0 Å². The smallest absolute Gasteiger partial charge is 0.251 e. The van der Waals surface area contributed by atoms with E-state index in [1.54, 1.807) is 36.4 Å². The zero-order valence-electron chi connectivity index (χ0n) is 15.3. The van der Waals surface area contributed by atoms with Crippen molar-refractivity contribution in [1.29, 1.82) is 0 Å². The third kappa shape index (κ3) is 5.90. The van der Waals surface area contributed by atoms with Crippen molar-refractivity contribution in [3.63, 3.8) is 0 Å². The first kappa shape index (κ1) is 19.5.